The molecule has 0 radical (unpaired) electrons. The van der Waals surface area contributed by atoms with Gasteiger partial charge in [-0.3, -0.25) is 4.68 Å². The van der Waals surface area contributed by atoms with Crippen LogP contribution in [0.2, 0.25) is 0 Å². The Labute approximate surface area is 118 Å². The Bertz CT molecular complexity index is 595. The molecule has 5 nitrogen and oxygen atoms in total. The van der Waals surface area contributed by atoms with E-state index >= 15 is 0 Å². The van der Waals surface area contributed by atoms with Crippen LogP contribution in [0.4, 0.5) is 0 Å². The first-order valence-corrected chi connectivity index (χ1v) is 6.91. The van der Waals surface area contributed by atoms with E-state index < -0.39 is 0 Å². The highest BCUT2D eigenvalue weighted by Gasteiger charge is 2.14. The van der Waals surface area contributed by atoms with E-state index in [0.29, 0.717) is 6.79 Å². The molecule has 1 atom stereocenters. The fourth-order valence-corrected chi connectivity index (χ4v) is 2.21. The van der Waals surface area contributed by atoms with E-state index in [4.69, 9.17) is 9.47 Å². The van der Waals surface area contributed by atoms with Gasteiger partial charge in [0.1, 0.15) is 0 Å². The first kappa shape index (κ1) is 13.0. The van der Waals surface area contributed by atoms with Crippen molar-refractivity contribution in [2.75, 3.05) is 6.79 Å². The molecule has 0 spiro atoms. The van der Waals surface area contributed by atoms with Gasteiger partial charge < -0.3 is 14.8 Å². The minimum atomic E-state index is 0.216. The second-order valence-corrected chi connectivity index (χ2v) is 4.89. The minimum Gasteiger partial charge on any atom is -0.454 e. The number of aryl methyl sites for hydroxylation is 1. The smallest absolute Gasteiger partial charge is 0.231 e. The number of rotatable bonds is 5. The second-order valence-electron chi connectivity index (χ2n) is 4.89. The van der Waals surface area contributed by atoms with Crippen LogP contribution in [0.3, 0.4) is 0 Å². The minimum absolute atomic E-state index is 0.216. The summed E-state index contributed by atoms with van der Waals surface area (Å²) in [6.07, 6.45) is 2.01. The fraction of sp³-hybridized carbons (Fsp3) is 0.400. The molecule has 106 valence electrons. The van der Waals surface area contributed by atoms with Crippen LogP contribution in [-0.4, -0.2) is 16.6 Å². The number of nitrogens with one attached hydrogen (secondary N) is 1. The maximum atomic E-state index is 5.38. The molecule has 1 unspecified atom stereocenters. The van der Waals surface area contributed by atoms with E-state index in [2.05, 4.69) is 36.4 Å². The van der Waals surface area contributed by atoms with Gasteiger partial charge in [0.25, 0.3) is 0 Å². The zero-order chi connectivity index (χ0) is 13.9. The summed E-state index contributed by atoms with van der Waals surface area (Å²) in [4.78, 5) is 0. The predicted octanol–water partition coefficient (Wildman–Crippen LogP) is 2.48. The fourth-order valence-electron chi connectivity index (χ4n) is 2.21. The summed E-state index contributed by atoms with van der Waals surface area (Å²) in [5.41, 5.74) is 2.24. The number of nitrogens with zero attached hydrogens (tertiary/aromatic N) is 2. The Kier molecular flexibility index (Phi) is 3.60. The summed E-state index contributed by atoms with van der Waals surface area (Å²) in [6.45, 7) is 6.19. The van der Waals surface area contributed by atoms with E-state index in [0.717, 1.165) is 30.3 Å². The monoisotopic (exact) mass is 273 g/mol. The normalized spacial score (nSPS) is 14.5. The molecule has 0 saturated heterocycles. The molecule has 5 heteroatoms. The van der Waals surface area contributed by atoms with Gasteiger partial charge in [-0.1, -0.05) is 6.07 Å². The summed E-state index contributed by atoms with van der Waals surface area (Å²) < 4.78 is 12.6. The molecule has 0 saturated carbocycles. The molecule has 2 heterocycles. The molecule has 1 aliphatic heterocycles. The zero-order valence-corrected chi connectivity index (χ0v) is 11.8. The van der Waals surface area contributed by atoms with Crippen LogP contribution in [0, 0.1) is 0 Å². The molecule has 0 amide bonds. The van der Waals surface area contributed by atoms with Crippen LogP contribution in [0.5, 0.6) is 11.5 Å². The molecule has 0 fully saturated rings. The Balaban J connectivity index is 1.61. The lowest BCUT2D eigenvalue weighted by atomic mass is 10.1. The van der Waals surface area contributed by atoms with Crippen LogP contribution in [0.15, 0.2) is 30.5 Å². The van der Waals surface area contributed by atoms with Crippen molar-refractivity contribution in [2.45, 2.75) is 33.0 Å². The molecular weight excluding hydrogens is 254 g/mol. The van der Waals surface area contributed by atoms with Crippen molar-refractivity contribution in [1.29, 1.82) is 0 Å². The highest BCUT2D eigenvalue weighted by atomic mass is 16.7. The van der Waals surface area contributed by atoms with Crippen LogP contribution in [0.25, 0.3) is 0 Å². The predicted molar refractivity (Wildman–Crippen MR) is 75.7 cm³/mol. The Morgan fingerprint density at radius 1 is 1.30 bits per heavy atom. The van der Waals surface area contributed by atoms with Crippen molar-refractivity contribution < 1.29 is 9.47 Å². The lowest BCUT2D eigenvalue weighted by Gasteiger charge is -2.11. The lowest BCUT2D eigenvalue weighted by Crippen LogP contribution is -2.18. The number of hydrogen-bond donors (Lipinski definition) is 1. The summed E-state index contributed by atoms with van der Waals surface area (Å²) in [6, 6.07) is 8.30. The Hall–Kier alpha value is -2.01. The van der Waals surface area contributed by atoms with Gasteiger partial charge in [0.05, 0.1) is 5.69 Å². The molecule has 0 bridgehead atoms. The van der Waals surface area contributed by atoms with Crippen LogP contribution < -0.4 is 14.8 Å². The van der Waals surface area contributed by atoms with Gasteiger partial charge in [0.15, 0.2) is 11.5 Å². The van der Waals surface area contributed by atoms with E-state index in [9.17, 15) is 0 Å². The van der Waals surface area contributed by atoms with Gasteiger partial charge in [-0.25, -0.2) is 0 Å². The van der Waals surface area contributed by atoms with Crippen molar-refractivity contribution in [1.82, 2.24) is 15.1 Å². The quantitative estimate of drug-likeness (QED) is 0.909. The van der Waals surface area contributed by atoms with E-state index in [1.165, 1.54) is 5.56 Å². The second kappa shape index (κ2) is 5.54. The van der Waals surface area contributed by atoms with Crippen molar-refractivity contribution in [3.05, 3.63) is 41.7 Å². The van der Waals surface area contributed by atoms with Crippen LogP contribution in [0.1, 0.15) is 31.1 Å². The first-order chi connectivity index (χ1) is 9.76. The number of ether oxygens (including phenoxy) is 2. The van der Waals surface area contributed by atoms with Crippen LogP contribution in [-0.2, 0) is 13.1 Å². The van der Waals surface area contributed by atoms with E-state index in [1.54, 1.807) is 0 Å². The van der Waals surface area contributed by atoms with Crippen molar-refractivity contribution in [3.8, 4) is 11.5 Å². The molecule has 1 N–H and O–H groups in total. The molecule has 0 aliphatic carbocycles. The van der Waals surface area contributed by atoms with Crippen molar-refractivity contribution in [2.24, 2.45) is 0 Å². The zero-order valence-electron chi connectivity index (χ0n) is 11.8. The third-order valence-corrected chi connectivity index (χ3v) is 3.48. The Morgan fingerprint density at radius 3 is 2.95 bits per heavy atom. The number of hydrogen-bond acceptors (Lipinski definition) is 4. The summed E-state index contributed by atoms with van der Waals surface area (Å²) >= 11 is 0. The molecule has 1 aromatic heterocycles. The maximum Gasteiger partial charge on any atom is 0.231 e. The average Bonchev–Trinajstić information content (AvgIpc) is 3.12. The molecule has 2 aromatic rings. The van der Waals surface area contributed by atoms with Gasteiger partial charge in [-0.05, 0) is 37.6 Å². The molecule has 3 rings (SSSR count). The third kappa shape index (κ3) is 2.63. The molecule has 1 aromatic carbocycles. The largest absolute Gasteiger partial charge is 0.454 e. The van der Waals surface area contributed by atoms with E-state index in [-0.39, 0.29) is 6.04 Å². The highest BCUT2D eigenvalue weighted by Crippen LogP contribution is 2.32. The Morgan fingerprint density at radius 2 is 2.15 bits per heavy atom. The number of aromatic nitrogens is 2. The van der Waals surface area contributed by atoms with Gasteiger partial charge in [-0.2, -0.15) is 5.10 Å². The van der Waals surface area contributed by atoms with Gasteiger partial charge >= 0.3 is 0 Å². The summed E-state index contributed by atoms with van der Waals surface area (Å²) in [5.74, 6) is 1.65. The average molecular weight is 273 g/mol. The number of fused-ring (bicyclic) bond motifs is 1. The third-order valence-electron chi connectivity index (χ3n) is 3.48. The first-order valence-electron chi connectivity index (χ1n) is 6.91. The van der Waals surface area contributed by atoms with Gasteiger partial charge in [0.2, 0.25) is 6.79 Å². The van der Waals surface area contributed by atoms with Crippen molar-refractivity contribution in [3.63, 3.8) is 0 Å². The van der Waals surface area contributed by atoms with E-state index in [1.807, 2.05) is 23.0 Å². The molecular formula is C15H19N3O2. The maximum absolute atomic E-state index is 5.38. The van der Waals surface area contributed by atoms with Gasteiger partial charge in [-0.15, -0.1) is 0 Å². The molecule has 1 aliphatic rings. The van der Waals surface area contributed by atoms with Crippen LogP contribution >= 0.6 is 0 Å². The summed E-state index contributed by atoms with van der Waals surface area (Å²) in [5, 5.41) is 7.98. The van der Waals surface area contributed by atoms with Gasteiger partial charge in [0, 0.05) is 25.3 Å². The van der Waals surface area contributed by atoms with Crippen molar-refractivity contribution >= 4 is 0 Å². The highest BCUT2D eigenvalue weighted by molar-refractivity contribution is 5.44. The topological polar surface area (TPSA) is 48.3 Å². The number of benzene rings is 1. The molecule has 20 heavy (non-hydrogen) atoms. The summed E-state index contributed by atoms with van der Waals surface area (Å²) in [7, 11) is 0. The SMILES string of the molecule is CCn1ccc(C(C)NCc2ccc3c(c2)OCO3)n1. The lowest BCUT2D eigenvalue weighted by molar-refractivity contribution is 0.174. The standard InChI is InChI=1S/C15H19N3O2/c1-3-18-7-6-13(17-18)11(2)16-9-12-4-5-14-15(8-12)20-10-19-14/h4-8,11,16H,3,9-10H2,1-2H3.